The summed E-state index contributed by atoms with van der Waals surface area (Å²) in [6, 6.07) is 11.6. The molecule has 0 aromatic heterocycles. The molecule has 0 heterocycles. The lowest BCUT2D eigenvalue weighted by Crippen LogP contribution is -2.27. The Morgan fingerprint density at radius 3 is 2.07 bits per heavy atom. The van der Waals surface area contributed by atoms with Crippen LogP contribution in [0.2, 0.25) is 0 Å². The minimum Gasteiger partial charge on any atom is -0.385 e. The lowest BCUT2D eigenvalue weighted by molar-refractivity contribution is -0.0389. The third-order valence-corrected chi connectivity index (χ3v) is 6.20. The molecule has 30 heavy (non-hydrogen) atoms. The van der Waals surface area contributed by atoms with Gasteiger partial charge in [0, 0.05) is 40.0 Å². The van der Waals surface area contributed by atoms with Gasteiger partial charge in [0.05, 0.1) is 6.61 Å². The predicted molar refractivity (Wildman–Crippen MR) is 121 cm³/mol. The van der Waals surface area contributed by atoms with Crippen LogP contribution in [-0.4, -0.2) is 41.3 Å². The molecule has 0 amide bonds. The van der Waals surface area contributed by atoms with Gasteiger partial charge in [-0.1, -0.05) is 41.5 Å². The first-order chi connectivity index (χ1) is 14.6. The molecule has 0 aliphatic heterocycles. The minimum atomic E-state index is -0.0181. The summed E-state index contributed by atoms with van der Waals surface area (Å²) < 4.78 is 21.8. The second-order valence-electron chi connectivity index (χ2n) is 8.43. The number of ether oxygens (including phenoxy) is 4. The van der Waals surface area contributed by atoms with Crippen molar-refractivity contribution in [3.63, 3.8) is 0 Å². The Kier molecular flexibility index (Phi) is 8.06. The van der Waals surface area contributed by atoms with Crippen LogP contribution in [0.4, 0.5) is 0 Å². The van der Waals surface area contributed by atoms with Crippen LogP contribution < -0.4 is 0 Å². The van der Waals surface area contributed by atoms with E-state index in [9.17, 15) is 0 Å². The Morgan fingerprint density at radius 1 is 0.767 bits per heavy atom. The van der Waals surface area contributed by atoms with Crippen molar-refractivity contribution in [2.75, 3.05) is 41.3 Å². The van der Waals surface area contributed by atoms with Gasteiger partial charge in [-0.05, 0) is 67.3 Å². The molecule has 2 aromatic rings. The average Bonchev–Trinajstić information content (AvgIpc) is 2.98. The number of hydrogen-bond acceptors (Lipinski definition) is 4. The number of benzene rings is 2. The van der Waals surface area contributed by atoms with Crippen LogP contribution in [-0.2, 0) is 31.0 Å². The highest BCUT2D eigenvalue weighted by Crippen LogP contribution is 2.55. The number of aryl methyl sites for hydroxylation is 2. The maximum atomic E-state index is 5.79. The molecule has 0 bridgehead atoms. The Labute approximate surface area is 181 Å². The summed E-state index contributed by atoms with van der Waals surface area (Å²) in [5.74, 6) is 0. The van der Waals surface area contributed by atoms with Gasteiger partial charge in [0.25, 0.3) is 0 Å². The molecule has 1 aliphatic rings. The van der Waals surface area contributed by atoms with E-state index in [4.69, 9.17) is 18.9 Å². The van der Waals surface area contributed by atoms with Crippen LogP contribution >= 0.6 is 0 Å². The molecular formula is C26H36O4. The minimum absolute atomic E-state index is 0.0181. The first-order valence-electron chi connectivity index (χ1n) is 10.9. The molecule has 1 aliphatic carbocycles. The van der Waals surface area contributed by atoms with Crippen LogP contribution in [0.1, 0.15) is 53.5 Å². The van der Waals surface area contributed by atoms with Crippen molar-refractivity contribution < 1.29 is 18.9 Å². The van der Waals surface area contributed by atoms with Gasteiger partial charge in [0.2, 0.25) is 0 Å². The summed E-state index contributed by atoms with van der Waals surface area (Å²) in [4.78, 5) is 0. The van der Waals surface area contributed by atoms with Gasteiger partial charge in [0.15, 0.2) is 0 Å². The SMILES string of the molecule is COCCCC1(CCCOC)c2cc(C)ccc2-c2c(COCOC)cc(C)cc21. The van der Waals surface area contributed by atoms with Gasteiger partial charge < -0.3 is 18.9 Å². The summed E-state index contributed by atoms with van der Waals surface area (Å²) in [6.07, 6.45) is 4.19. The van der Waals surface area contributed by atoms with Gasteiger partial charge >= 0.3 is 0 Å². The molecular weight excluding hydrogens is 376 g/mol. The summed E-state index contributed by atoms with van der Waals surface area (Å²) in [6.45, 7) is 6.78. The first-order valence-corrected chi connectivity index (χ1v) is 10.9. The average molecular weight is 413 g/mol. The van der Waals surface area contributed by atoms with E-state index in [0.29, 0.717) is 13.4 Å². The largest absolute Gasteiger partial charge is 0.385 e. The van der Waals surface area contributed by atoms with Crippen LogP contribution in [0, 0.1) is 13.8 Å². The zero-order valence-electron chi connectivity index (χ0n) is 19.2. The third-order valence-electron chi connectivity index (χ3n) is 6.20. The fourth-order valence-electron chi connectivity index (χ4n) is 5.02. The third kappa shape index (κ3) is 4.62. The van der Waals surface area contributed by atoms with Gasteiger partial charge in [-0.2, -0.15) is 0 Å². The molecule has 2 aromatic carbocycles. The van der Waals surface area contributed by atoms with Crippen molar-refractivity contribution in [3.8, 4) is 11.1 Å². The zero-order chi connectivity index (χ0) is 21.6. The Morgan fingerprint density at radius 2 is 1.43 bits per heavy atom. The quantitative estimate of drug-likeness (QED) is 0.339. The molecule has 0 radical (unpaired) electrons. The van der Waals surface area contributed by atoms with Gasteiger partial charge in [-0.15, -0.1) is 0 Å². The topological polar surface area (TPSA) is 36.9 Å². The summed E-state index contributed by atoms with van der Waals surface area (Å²) in [5, 5.41) is 0. The maximum Gasteiger partial charge on any atom is 0.146 e. The molecule has 0 N–H and O–H groups in total. The number of methoxy groups -OCH3 is 3. The van der Waals surface area contributed by atoms with Crippen LogP contribution in [0.5, 0.6) is 0 Å². The van der Waals surface area contributed by atoms with Crippen molar-refractivity contribution in [3.05, 3.63) is 58.1 Å². The molecule has 0 unspecified atom stereocenters. The standard InChI is InChI=1S/C26H36O4/c1-19-8-9-22-23(15-19)26(10-6-12-27-3,11-7-13-28-4)24-16-20(2)14-21(25(22)24)17-30-18-29-5/h8-9,14-16H,6-7,10-13,17-18H2,1-5H3. The molecule has 0 saturated heterocycles. The van der Waals surface area contributed by atoms with Gasteiger partial charge in [-0.25, -0.2) is 0 Å². The highest BCUT2D eigenvalue weighted by molar-refractivity contribution is 5.84. The van der Waals surface area contributed by atoms with Crippen LogP contribution in [0.15, 0.2) is 30.3 Å². The van der Waals surface area contributed by atoms with Crippen LogP contribution in [0.25, 0.3) is 11.1 Å². The Bertz CT molecular complexity index is 833. The monoisotopic (exact) mass is 412 g/mol. The molecule has 0 spiro atoms. The van der Waals surface area contributed by atoms with E-state index < -0.39 is 0 Å². The molecule has 0 fully saturated rings. The molecule has 164 valence electrons. The highest BCUT2D eigenvalue weighted by atomic mass is 16.7. The number of rotatable bonds is 12. The molecule has 4 nitrogen and oxygen atoms in total. The molecule has 0 saturated carbocycles. The second-order valence-corrected chi connectivity index (χ2v) is 8.43. The summed E-state index contributed by atoms with van der Waals surface area (Å²) in [7, 11) is 5.23. The van der Waals surface area contributed by atoms with Crippen molar-refractivity contribution in [2.24, 2.45) is 0 Å². The summed E-state index contributed by atoms with van der Waals surface area (Å²) >= 11 is 0. The van der Waals surface area contributed by atoms with E-state index >= 15 is 0 Å². The zero-order valence-corrected chi connectivity index (χ0v) is 19.2. The van der Waals surface area contributed by atoms with Crippen LogP contribution in [0.3, 0.4) is 0 Å². The van der Waals surface area contributed by atoms with Crippen molar-refractivity contribution >= 4 is 0 Å². The Hall–Kier alpha value is -1.72. The summed E-state index contributed by atoms with van der Waals surface area (Å²) in [5.41, 5.74) is 9.39. The van der Waals surface area contributed by atoms with E-state index in [0.717, 1.165) is 38.9 Å². The first kappa shape index (κ1) is 23.0. The highest BCUT2D eigenvalue weighted by Gasteiger charge is 2.43. The van der Waals surface area contributed by atoms with E-state index in [2.05, 4.69) is 44.2 Å². The van der Waals surface area contributed by atoms with Crippen molar-refractivity contribution in [1.82, 2.24) is 0 Å². The lowest BCUT2D eigenvalue weighted by Gasteiger charge is -2.33. The van der Waals surface area contributed by atoms with E-state index in [-0.39, 0.29) is 5.41 Å². The second kappa shape index (κ2) is 10.5. The molecule has 4 heteroatoms. The lowest BCUT2D eigenvalue weighted by atomic mass is 9.70. The number of fused-ring (bicyclic) bond motifs is 3. The fourth-order valence-corrected chi connectivity index (χ4v) is 5.02. The van der Waals surface area contributed by atoms with Gasteiger partial charge in [0.1, 0.15) is 6.79 Å². The predicted octanol–water partition coefficient (Wildman–Crippen LogP) is 5.54. The van der Waals surface area contributed by atoms with E-state index in [1.807, 2.05) is 0 Å². The number of hydrogen-bond donors (Lipinski definition) is 0. The Balaban J connectivity index is 2.16. The van der Waals surface area contributed by atoms with E-state index in [1.54, 1.807) is 21.3 Å². The maximum absolute atomic E-state index is 5.79. The fraction of sp³-hybridized carbons (Fsp3) is 0.538. The normalized spacial score (nSPS) is 14.0. The molecule has 3 rings (SSSR count). The van der Waals surface area contributed by atoms with Crippen molar-refractivity contribution in [1.29, 1.82) is 0 Å². The van der Waals surface area contributed by atoms with E-state index in [1.165, 1.54) is 38.9 Å². The van der Waals surface area contributed by atoms with Gasteiger partial charge in [-0.3, -0.25) is 0 Å². The molecule has 0 atom stereocenters. The van der Waals surface area contributed by atoms with Crippen molar-refractivity contribution in [2.45, 2.75) is 51.6 Å². The smallest absolute Gasteiger partial charge is 0.146 e.